The van der Waals surface area contributed by atoms with E-state index >= 15 is 0 Å². The molecule has 0 radical (unpaired) electrons. The Kier molecular flexibility index (Phi) is 4.26. The van der Waals surface area contributed by atoms with Crippen molar-refractivity contribution in [1.29, 1.82) is 0 Å². The van der Waals surface area contributed by atoms with Gasteiger partial charge in [0.2, 0.25) is 5.91 Å². The zero-order valence-corrected chi connectivity index (χ0v) is 14.9. The largest absolute Gasteiger partial charge is 0.369 e. The van der Waals surface area contributed by atoms with Crippen LogP contribution < -0.4 is 5.73 Å². The fourth-order valence-electron chi connectivity index (χ4n) is 3.30. The van der Waals surface area contributed by atoms with Gasteiger partial charge in [0.15, 0.2) is 5.96 Å². The molecule has 0 saturated carbocycles. The van der Waals surface area contributed by atoms with E-state index in [1.165, 1.54) is 10.5 Å². The highest BCUT2D eigenvalue weighted by atomic mass is 35.5. The van der Waals surface area contributed by atoms with Gasteiger partial charge < -0.3 is 5.73 Å². The molecule has 0 saturated heterocycles. The average Bonchev–Trinajstić information content (AvgIpc) is 2.55. The van der Waals surface area contributed by atoms with Crippen molar-refractivity contribution in [2.45, 2.75) is 31.7 Å². The molecule has 4 nitrogen and oxygen atoms in total. The molecule has 1 amide bonds. The number of aliphatic imine (C=N–C) groups is 1. The molecule has 2 aliphatic rings. The summed E-state index contributed by atoms with van der Waals surface area (Å²) in [5, 5.41) is 0.756. The minimum atomic E-state index is -0.634. The van der Waals surface area contributed by atoms with Crippen LogP contribution in [0.4, 0.5) is 0 Å². The monoisotopic (exact) mass is 343 g/mol. The van der Waals surface area contributed by atoms with Gasteiger partial charge in [-0.2, -0.15) is 0 Å². The predicted octanol–water partition coefficient (Wildman–Crippen LogP) is 3.49. The van der Waals surface area contributed by atoms with E-state index < -0.39 is 5.54 Å². The number of benzene rings is 1. The lowest BCUT2D eigenvalue weighted by Gasteiger charge is -2.34. The van der Waals surface area contributed by atoms with Gasteiger partial charge in [-0.1, -0.05) is 54.9 Å². The SMILES string of the molecule is CC1C=CC(Cl)=CC1c1cccc(C2(C)CC(=O)N(C)C(N)=N2)c1. The number of hydrogen-bond acceptors (Lipinski definition) is 3. The summed E-state index contributed by atoms with van der Waals surface area (Å²) in [5.41, 5.74) is 7.45. The second-order valence-corrected chi connectivity index (χ2v) is 7.23. The van der Waals surface area contributed by atoms with Crippen molar-refractivity contribution in [3.05, 3.63) is 58.7 Å². The van der Waals surface area contributed by atoms with E-state index in [4.69, 9.17) is 17.3 Å². The van der Waals surface area contributed by atoms with E-state index in [0.717, 1.165) is 10.6 Å². The Morgan fingerprint density at radius 3 is 2.88 bits per heavy atom. The zero-order chi connectivity index (χ0) is 17.5. The zero-order valence-electron chi connectivity index (χ0n) is 14.2. The maximum atomic E-state index is 12.2. The fraction of sp³-hybridized carbons (Fsp3) is 0.368. The third kappa shape index (κ3) is 2.98. The van der Waals surface area contributed by atoms with E-state index in [1.807, 2.05) is 25.1 Å². The summed E-state index contributed by atoms with van der Waals surface area (Å²) in [6.45, 7) is 4.13. The molecule has 2 N–H and O–H groups in total. The van der Waals surface area contributed by atoms with Crippen molar-refractivity contribution in [3.63, 3.8) is 0 Å². The molecule has 24 heavy (non-hydrogen) atoms. The molecule has 1 aliphatic heterocycles. The summed E-state index contributed by atoms with van der Waals surface area (Å²) in [6, 6.07) is 8.23. The molecule has 0 fully saturated rings. The van der Waals surface area contributed by atoms with Crippen LogP contribution in [0.1, 0.15) is 37.3 Å². The lowest BCUT2D eigenvalue weighted by atomic mass is 9.80. The van der Waals surface area contributed by atoms with E-state index in [9.17, 15) is 4.79 Å². The van der Waals surface area contributed by atoms with E-state index in [2.05, 4.69) is 36.2 Å². The summed E-state index contributed by atoms with van der Waals surface area (Å²) >= 11 is 6.18. The van der Waals surface area contributed by atoms with Gasteiger partial charge in [0, 0.05) is 18.0 Å². The van der Waals surface area contributed by atoms with E-state index in [-0.39, 0.29) is 17.8 Å². The second-order valence-electron chi connectivity index (χ2n) is 6.79. The van der Waals surface area contributed by atoms with Crippen molar-refractivity contribution < 1.29 is 4.79 Å². The number of carbonyl (C=O) groups excluding carboxylic acids is 1. The Morgan fingerprint density at radius 1 is 1.42 bits per heavy atom. The Hall–Kier alpha value is -2.07. The molecule has 5 heteroatoms. The van der Waals surface area contributed by atoms with Crippen LogP contribution in [-0.4, -0.2) is 23.8 Å². The number of halogens is 1. The maximum Gasteiger partial charge on any atom is 0.231 e. The highest BCUT2D eigenvalue weighted by Gasteiger charge is 2.36. The Bertz CT molecular complexity index is 768. The van der Waals surface area contributed by atoms with Crippen LogP contribution in [0.15, 0.2) is 52.5 Å². The summed E-state index contributed by atoms with van der Waals surface area (Å²) in [6.07, 6.45) is 6.45. The third-order valence-electron chi connectivity index (χ3n) is 4.93. The molecular weight excluding hydrogens is 322 g/mol. The number of allylic oxidation sites excluding steroid dienone is 4. The van der Waals surface area contributed by atoms with Crippen LogP contribution in [0.2, 0.25) is 0 Å². The molecule has 1 aromatic rings. The van der Waals surface area contributed by atoms with E-state index in [1.54, 1.807) is 7.05 Å². The lowest BCUT2D eigenvalue weighted by molar-refractivity contribution is -0.128. The standard InChI is InChI=1S/C19H22ClN3O/c1-12-7-8-15(20)10-16(12)13-5-4-6-14(9-13)19(2)11-17(24)23(3)18(21)22-19/h4-10,12,16H,11H2,1-3H3,(H2,21,22). The van der Waals surface area contributed by atoms with Crippen molar-refractivity contribution in [1.82, 2.24) is 4.90 Å². The molecule has 1 aliphatic carbocycles. The molecule has 3 unspecified atom stereocenters. The van der Waals surface area contributed by atoms with Crippen LogP contribution >= 0.6 is 11.6 Å². The first-order chi connectivity index (χ1) is 11.3. The molecular formula is C19H22ClN3O. The van der Waals surface area contributed by atoms with Crippen molar-refractivity contribution in [2.24, 2.45) is 16.6 Å². The Balaban J connectivity index is 2.00. The topological polar surface area (TPSA) is 58.7 Å². The molecule has 3 rings (SSSR count). The molecule has 0 aromatic heterocycles. The smallest absolute Gasteiger partial charge is 0.231 e. The van der Waals surface area contributed by atoms with Gasteiger partial charge in [-0.15, -0.1) is 0 Å². The second kappa shape index (κ2) is 6.10. The number of carbonyl (C=O) groups is 1. The molecule has 0 spiro atoms. The van der Waals surface area contributed by atoms with Crippen molar-refractivity contribution in [3.8, 4) is 0 Å². The van der Waals surface area contributed by atoms with Crippen molar-refractivity contribution in [2.75, 3.05) is 7.05 Å². The number of guanidine groups is 1. The predicted molar refractivity (Wildman–Crippen MR) is 97.8 cm³/mol. The Labute approximate surface area is 147 Å². The summed E-state index contributed by atoms with van der Waals surface area (Å²) in [5.74, 6) is 0.820. The average molecular weight is 344 g/mol. The molecule has 3 atom stereocenters. The molecule has 1 aromatic carbocycles. The number of nitrogens with two attached hydrogens (primary N) is 1. The first-order valence-corrected chi connectivity index (χ1v) is 8.46. The van der Waals surface area contributed by atoms with Gasteiger partial charge in [-0.05, 0) is 30.0 Å². The van der Waals surface area contributed by atoms with Crippen LogP contribution in [0.25, 0.3) is 0 Å². The van der Waals surface area contributed by atoms with Crippen LogP contribution in [-0.2, 0) is 10.3 Å². The number of rotatable bonds is 2. The minimum absolute atomic E-state index is 0.0210. The first-order valence-electron chi connectivity index (χ1n) is 8.08. The summed E-state index contributed by atoms with van der Waals surface area (Å²) in [7, 11) is 1.65. The highest BCUT2D eigenvalue weighted by molar-refractivity contribution is 6.31. The van der Waals surface area contributed by atoms with Gasteiger partial charge in [0.25, 0.3) is 0 Å². The third-order valence-corrected chi connectivity index (χ3v) is 5.18. The van der Waals surface area contributed by atoms with Gasteiger partial charge in [0.05, 0.1) is 12.0 Å². The first kappa shape index (κ1) is 16.8. The summed E-state index contributed by atoms with van der Waals surface area (Å²) < 4.78 is 0. The van der Waals surface area contributed by atoms with Crippen molar-refractivity contribution >= 4 is 23.5 Å². The molecule has 1 heterocycles. The lowest BCUT2D eigenvalue weighted by Crippen LogP contribution is -2.47. The van der Waals surface area contributed by atoms with Crippen LogP contribution in [0.3, 0.4) is 0 Å². The summed E-state index contributed by atoms with van der Waals surface area (Å²) in [4.78, 5) is 18.2. The fourth-order valence-corrected chi connectivity index (χ4v) is 3.51. The van der Waals surface area contributed by atoms with Gasteiger partial charge >= 0.3 is 0 Å². The molecule has 0 bridgehead atoms. The number of nitrogens with zero attached hydrogens (tertiary/aromatic N) is 2. The van der Waals surface area contributed by atoms with Crippen LogP contribution in [0, 0.1) is 5.92 Å². The van der Waals surface area contributed by atoms with Gasteiger partial charge in [-0.25, -0.2) is 4.99 Å². The number of hydrogen-bond donors (Lipinski definition) is 1. The minimum Gasteiger partial charge on any atom is -0.369 e. The highest BCUT2D eigenvalue weighted by Crippen LogP contribution is 2.37. The normalized spacial score (nSPS) is 30.2. The number of amides is 1. The maximum absolute atomic E-state index is 12.2. The van der Waals surface area contributed by atoms with Crippen LogP contribution in [0.5, 0.6) is 0 Å². The Morgan fingerprint density at radius 2 is 2.17 bits per heavy atom. The quantitative estimate of drug-likeness (QED) is 0.893. The van der Waals surface area contributed by atoms with Gasteiger partial charge in [0.1, 0.15) is 0 Å². The van der Waals surface area contributed by atoms with Gasteiger partial charge in [-0.3, -0.25) is 9.69 Å². The molecule has 126 valence electrons. The van der Waals surface area contributed by atoms with E-state index in [0.29, 0.717) is 12.3 Å².